The number of nitrogens with one attached hydrogen (secondary N) is 1. The minimum absolute atomic E-state index is 0.833. The molecular weight excluding hydrogens is 240 g/mol. The Morgan fingerprint density at radius 2 is 2.00 bits per heavy atom. The van der Waals surface area contributed by atoms with Gasteiger partial charge in [0.15, 0.2) is 0 Å². The zero-order valence-electron chi connectivity index (χ0n) is 10.1. The molecule has 0 radical (unpaired) electrons. The van der Waals surface area contributed by atoms with Gasteiger partial charge in [0.05, 0.1) is 0 Å². The second-order valence-corrected chi connectivity index (χ2v) is 5.66. The Hall–Kier alpha value is -1.61. The third-order valence-electron chi connectivity index (χ3n) is 3.08. The fourth-order valence-corrected chi connectivity index (χ4v) is 3.11. The Morgan fingerprint density at radius 3 is 2.89 bits per heavy atom. The zero-order chi connectivity index (χ0) is 12.4. The molecule has 0 bridgehead atoms. The third kappa shape index (κ3) is 2.46. The maximum atomic E-state index is 5.81. The van der Waals surface area contributed by atoms with Crippen LogP contribution in [0.1, 0.15) is 11.1 Å². The van der Waals surface area contributed by atoms with E-state index in [1.165, 1.54) is 21.7 Å². The lowest BCUT2D eigenvalue weighted by atomic mass is 10.0. The molecule has 3 N–H and O–H groups in total. The van der Waals surface area contributed by atoms with Crippen LogP contribution in [0.4, 0.5) is 11.4 Å². The van der Waals surface area contributed by atoms with E-state index in [4.69, 9.17) is 5.73 Å². The third-order valence-corrected chi connectivity index (χ3v) is 4.15. The van der Waals surface area contributed by atoms with Crippen molar-refractivity contribution in [2.75, 3.05) is 23.3 Å². The SMILES string of the molecule is Nc1cccc(Cc2ccc3c(c2)NCCS3)c1. The Bertz CT molecular complexity index is 566. The van der Waals surface area contributed by atoms with Gasteiger partial charge in [-0.1, -0.05) is 18.2 Å². The van der Waals surface area contributed by atoms with E-state index in [0.717, 1.165) is 24.4 Å². The molecule has 2 nitrogen and oxygen atoms in total. The van der Waals surface area contributed by atoms with E-state index < -0.39 is 0 Å². The van der Waals surface area contributed by atoms with E-state index in [-0.39, 0.29) is 0 Å². The summed E-state index contributed by atoms with van der Waals surface area (Å²) < 4.78 is 0. The van der Waals surface area contributed by atoms with Crippen molar-refractivity contribution in [3.63, 3.8) is 0 Å². The average Bonchev–Trinajstić information content (AvgIpc) is 2.39. The van der Waals surface area contributed by atoms with Crippen LogP contribution in [0.3, 0.4) is 0 Å². The molecule has 0 aliphatic carbocycles. The van der Waals surface area contributed by atoms with E-state index in [2.05, 4.69) is 29.6 Å². The van der Waals surface area contributed by atoms with Crippen LogP contribution in [0.5, 0.6) is 0 Å². The van der Waals surface area contributed by atoms with Gasteiger partial charge >= 0.3 is 0 Å². The highest BCUT2D eigenvalue weighted by Crippen LogP contribution is 2.32. The number of anilines is 2. The molecule has 0 saturated heterocycles. The van der Waals surface area contributed by atoms with Crippen molar-refractivity contribution in [1.29, 1.82) is 0 Å². The van der Waals surface area contributed by atoms with Gasteiger partial charge in [-0.25, -0.2) is 0 Å². The second kappa shape index (κ2) is 4.94. The maximum Gasteiger partial charge on any atom is 0.0481 e. The molecule has 1 aliphatic rings. The molecule has 0 unspecified atom stereocenters. The summed E-state index contributed by atoms with van der Waals surface area (Å²) in [7, 11) is 0. The predicted molar refractivity (Wildman–Crippen MR) is 79.3 cm³/mol. The van der Waals surface area contributed by atoms with E-state index in [1.54, 1.807) is 0 Å². The lowest BCUT2D eigenvalue weighted by molar-refractivity contribution is 1.13. The van der Waals surface area contributed by atoms with Crippen molar-refractivity contribution in [2.45, 2.75) is 11.3 Å². The molecule has 3 rings (SSSR count). The average molecular weight is 256 g/mol. The second-order valence-electron chi connectivity index (χ2n) is 4.53. The van der Waals surface area contributed by atoms with Crippen LogP contribution in [-0.2, 0) is 6.42 Å². The zero-order valence-corrected chi connectivity index (χ0v) is 11.0. The first-order valence-corrected chi connectivity index (χ1v) is 7.14. The number of hydrogen-bond acceptors (Lipinski definition) is 3. The van der Waals surface area contributed by atoms with Crippen molar-refractivity contribution >= 4 is 23.1 Å². The molecule has 0 amide bonds. The van der Waals surface area contributed by atoms with Crippen molar-refractivity contribution in [3.8, 4) is 0 Å². The Kier molecular flexibility index (Phi) is 3.15. The molecule has 1 heterocycles. The van der Waals surface area contributed by atoms with Crippen LogP contribution in [-0.4, -0.2) is 12.3 Å². The lowest BCUT2D eigenvalue weighted by Gasteiger charge is -2.18. The van der Waals surface area contributed by atoms with Crippen LogP contribution in [0, 0.1) is 0 Å². The van der Waals surface area contributed by atoms with Gasteiger partial charge in [-0.2, -0.15) is 0 Å². The molecule has 1 aliphatic heterocycles. The summed E-state index contributed by atoms with van der Waals surface area (Å²) in [5, 5.41) is 3.45. The number of nitrogen functional groups attached to an aromatic ring is 1. The minimum atomic E-state index is 0.833. The quantitative estimate of drug-likeness (QED) is 0.809. The summed E-state index contributed by atoms with van der Waals surface area (Å²) in [6.07, 6.45) is 0.935. The number of nitrogens with two attached hydrogens (primary N) is 1. The largest absolute Gasteiger partial charge is 0.399 e. The normalized spacial score (nSPS) is 13.8. The van der Waals surface area contributed by atoms with E-state index in [0.29, 0.717) is 0 Å². The lowest BCUT2D eigenvalue weighted by Crippen LogP contribution is -2.10. The number of benzene rings is 2. The smallest absolute Gasteiger partial charge is 0.0481 e. The molecule has 0 fully saturated rings. The Morgan fingerprint density at radius 1 is 1.11 bits per heavy atom. The first-order chi connectivity index (χ1) is 8.81. The molecule has 2 aromatic carbocycles. The summed E-state index contributed by atoms with van der Waals surface area (Å²) in [4.78, 5) is 1.36. The van der Waals surface area contributed by atoms with Gasteiger partial charge in [-0.05, 0) is 41.8 Å². The Labute approximate surface area is 112 Å². The van der Waals surface area contributed by atoms with Gasteiger partial charge in [0.2, 0.25) is 0 Å². The van der Waals surface area contributed by atoms with Gasteiger partial charge in [0.25, 0.3) is 0 Å². The summed E-state index contributed by atoms with van der Waals surface area (Å²) in [6, 6.07) is 14.8. The van der Waals surface area contributed by atoms with Crippen LogP contribution in [0.2, 0.25) is 0 Å². The highest BCUT2D eigenvalue weighted by Gasteiger charge is 2.09. The standard InChI is InChI=1S/C15H16N2S/c16-13-3-1-2-11(9-13)8-12-4-5-15-14(10-12)17-6-7-18-15/h1-5,9-10,17H,6-8,16H2. The van der Waals surface area contributed by atoms with Gasteiger partial charge in [-0.3, -0.25) is 0 Å². The molecule has 18 heavy (non-hydrogen) atoms. The molecular formula is C15H16N2S. The monoisotopic (exact) mass is 256 g/mol. The molecule has 2 aromatic rings. The Balaban J connectivity index is 1.85. The number of rotatable bonds is 2. The summed E-state index contributed by atoms with van der Waals surface area (Å²) in [6.45, 7) is 1.05. The van der Waals surface area contributed by atoms with Crippen molar-refractivity contribution in [3.05, 3.63) is 53.6 Å². The molecule has 0 spiro atoms. The molecule has 0 saturated carbocycles. The topological polar surface area (TPSA) is 38.0 Å². The molecule has 0 atom stereocenters. The number of thioether (sulfide) groups is 1. The van der Waals surface area contributed by atoms with Gasteiger partial charge in [-0.15, -0.1) is 11.8 Å². The van der Waals surface area contributed by atoms with Crippen LogP contribution in [0.15, 0.2) is 47.4 Å². The highest BCUT2D eigenvalue weighted by molar-refractivity contribution is 7.99. The van der Waals surface area contributed by atoms with E-state index >= 15 is 0 Å². The number of hydrogen-bond donors (Lipinski definition) is 2. The fraction of sp³-hybridized carbons (Fsp3) is 0.200. The van der Waals surface area contributed by atoms with Crippen LogP contribution >= 0.6 is 11.8 Å². The van der Waals surface area contributed by atoms with Crippen LogP contribution in [0.25, 0.3) is 0 Å². The maximum absolute atomic E-state index is 5.81. The predicted octanol–water partition coefficient (Wildman–Crippen LogP) is 3.38. The summed E-state index contributed by atoms with van der Waals surface area (Å²) in [5.74, 6) is 1.15. The van der Waals surface area contributed by atoms with E-state index in [9.17, 15) is 0 Å². The van der Waals surface area contributed by atoms with Gasteiger partial charge in [0, 0.05) is 28.6 Å². The highest BCUT2D eigenvalue weighted by atomic mass is 32.2. The molecule has 3 heteroatoms. The van der Waals surface area contributed by atoms with Crippen molar-refractivity contribution in [1.82, 2.24) is 0 Å². The van der Waals surface area contributed by atoms with Crippen LogP contribution < -0.4 is 11.1 Å². The minimum Gasteiger partial charge on any atom is -0.399 e. The first-order valence-electron chi connectivity index (χ1n) is 6.15. The summed E-state index contributed by atoms with van der Waals surface area (Å²) >= 11 is 1.92. The first kappa shape index (κ1) is 11.5. The molecule has 92 valence electrons. The van der Waals surface area contributed by atoms with E-state index in [1.807, 2.05) is 30.0 Å². The number of fused-ring (bicyclic) bond motifs is 1. The van der Waals surface area contributed by atoms with Crippen molar-refractivity contribution in [2.24, 2.45) is 0 Å². The van der Waals surface area contributed by atoms with Gasteiger partial charge < -0.3 is 11.1 Å². The van der Waals surface area contributed by atoms with Gasteiger partial charge in [0.1, 0.15) is 0 Å². The summed E-state index contributed by atoms with van der Waals surface area (Å²) in [5.41, 5.74) is 10.5. The van der Waals surface area contributed by atoms with Crippen molar-refractivity contribution < 1.29 is 0 Å². The fourth-order valence-electron chi connectivity index (χ4n) is 2.24. The molecule has 0 aromatic heterocycles.